The number of hydrogen-bond donors (Lipinski definition) is 1. The van der Waals surface area contributed by atoms with Crippen LogP contribution in [0.3, 0.4) is 0 Å². The Labute approximate surface area is 148 Å². The molecule has 1 aromatic heterocycles. The number of aromatic nitrogens is 2. The molecule has 1 aliphatic rings. The third-order valence-electron chi connectivity index (χ3n) is 4.47. The van der Waals surface area contributed by atoms with Crippen molar-refractivity contribution in [1.29, 1.82) is 0 Å². The molecule has 4 nitrogen and oxygen atoms in total. The molecule has 1 fully saturated rings. The molecule has 126 valence electrons. The molecule has 0 saturated carbocycles. The Morgan fingerprint density at radius 1 is 1.00 bits per heavy atom. The van der Waals surface area contributed by atoms with Crippen molar-refractivity contribution in [2.24, 2.45) is 5.92 Å². The monoisotopic (exact) mass is 343 g/mol. The highest BCUT2D eigenvalue weighted by molar-refractivity contribution is 5.86. The minimum absolute atomic E-state index is 0. The van der Waals surface area contributed by atoms with E-state index in [0.29, 0.717) is 5.92 Å². The van der Waals surface area contributed by atoms with Crippen molar-refractivity contribution in [3.63, 3.8) is 0 Å². The molecule has 24 heavy (non-hydrogen) atoms. The first-order chi connectivity index (χ1) is 11.4. The Morgan fingerprint density at radius 3 is 2.50 bits per heavy atom. The van der Waals surface area contributed by atoms with Crippen LogP contribution in [-0.4, -0.2) is 29.5 Å². The van der Waals surface area contributed by atoms with Gasteiger partial charge in [0.05, 0.1) is 23.2 Å². The lowest BCUT2D eigenvalue weighted by Crippen LogP contribution is -2.30. The first kappa shape index (κ1) is 16.8. The molecule has 0 amide bonds. The van der Waals surface area contributed by atoms with Crippen molar-refractivity contribution >= 4 is 23.3 Å². The summed E-state index contributed by atoms with van der Waals surface area (Å²) in [6, 6.07) is 18.5. The predicted octanol–water partition coefficient (Wildman–Crippen LogP) is 3.83. The molecule has 1 saturated heterocycles. The lowest BCUT2D eigenvalue weighted by molar-refractivity contribution is 0.210. The number of para-hydroxylation sites is 2. The van der Waals surface area contributed by atoms with Gasteiger partial charge in [-0.15, -0.1) is 17.5 Å². The van der Waals surface area contributed by atoms with Gasteiger partial charge in [0.1, 0.15) is 0 Å². The number of nitrogens with one attached hydrogen (secondary N) is 1. The predicted molar refractivity (Wildman–Crippen MR) is 99.4 cm³/mol. The fourth-order valence-electron chi connectivity index (χ4n) is 3.16. The van der Waals surface area contributed by atoms with E-state index in [1.165, 1.54) is 12.8 Å². The van der Waals surface area contributed by atoms with Gasteiger partial charge in [-0.25, -0.2) is 4.68 Å². The Balaban J connectivity index is 0.00000169. The lowest BCUT2D eigenvalue weighted by atomic mass is 9.99. The second-order valence-electron chi connectivity index (χ2n) is 6.07. The summed E-state index contributed by atoms with van der Waals surface area (Å²) in [7, 11) is 0. The van der Waals surface area contributed by atoms with Gasteiger partial charge in [0.15, 0.2) is 0 Å². The van der Waals surface area contributed by atoms with Crippen molar-refractivity contribution in [3.8, 4) is 11.6 Å². The quantitative estimate of drug-likeness (QED) is 0.782. The fraction of sp³-hybridized carbons (Fsp3) is 0.316. The van der Waals surface area contributed by atoms with E-state index in [0.717, 1.165) is 42.2 Å². The number of hydrogen-bond acceptors (Lipinski definition) is 3. The molecule has 2 heterocycles. The SMILES string of the molecule is Cl.c1ccc(-n2nc(OCC3CCNCC3)c3ccccc32)cc1. The van der Waals surface area contributed by atoms with Gasteiger partial charge >= 0.3 is 0 Å². The van der Waals surface area contributed by atoms with Crippen molar-refractivity contribution in [3.05, 3.63) is 54.6 Å². The number of benzene rings is 2. The van der Waals surface area contributed by atoms with Gasteiger partial charge in [-0.2, -0.15) is 0 Å². The maximum Gasteiger partial charge on any atom is 0.241 e. The molecule has 0 atom stereocenters. The number of nitrogens with zero attached hydrogens (tertiary/aromatic N) is 2. The number of halogens is 1. The third kappa shape index (κ3) is 3.40. The normalized spacial score (nSPS) is 15.2. The van der Waals surface area contributed by atoms with Crippen molar-refractivity contribution < 1.29 is 4.74 Å². The lowest BCUT2D eigenvalue weighted by Gasteiger charge is -2.22. The molecule has 0 aliphatic carbocycles. The van der Waals surface area contributed by atoms with Crippen molar-refractivity contribution in [1.82, 2.24) is 15.1 Å². The molecule has 2 aromatic carbocycles. The molecular weight excluding hydrogens is 322 g/mol. The summed E-state index contributed by atoms with van der Waals surface area (Å²) in [6.07, 6.45) is 2.36. The number of fused-ring (bicyclic) bond motifs is 1. The standard InChI is InChI=1S/C19H21N3O.ClH/c1-2-6-16(7-3-1)22-18-9-5-4-8-17(18)19(21-22)23-14-15-10-12-20-13-11-15;/h1-9,15,20H,10-14H2;1H. The van der Waals surface area contributed by atoms with E-state index < -0.39 is 0 Å². The summed E-state index contributed by atoms with van der Waals surface area (Å²) in [5, 5.41) is 9.19. The summed E-state index contributed by atoms with van der Waals surface area (Å²) in [5.74, 6) is 1.36. The molecule has 0 unspecified atom stereocenters. The molecule has 3 aromatic rings. The first-order valence-corrected chi connectivity index (χ1v) is 8.28. The molecule has 1 aliphatic heterocycles. The second kappa shape index (κ2) is 7.69. The Morgan fingerprint density at radius 2 is 1.71 bits per heavy atom. The van der Waals surface area contributed by atoms with Gasteiger partial charge in [0.25, 0.3) is 0 Å². The van der Waals surface area contributed by atoms with Crippen LogP contribution in [0.5, 0.6) is 5.88 Å². The maximum absolute atomic E-state index is 6.10. The maximum atomic E-state index is 6.10. The summed E-state index contributed by atoms with van der Waals surface area (Å²) < 4.78 is 8.07. The zero-order chi connectivity index (χ0) is 15.5. The first-order valence-electron chi connectivity index (χ1n) is 8.28. The Bertz CT molecular complexity index is 782. The molecule has 0 radical (unpaired) electrons. The highest BCUT2D eigenvalue weighted by Gasteiger charge is 2.17. The minimum Gasteiger partial charge on any atom is -0.476 e. The van der Waals surface area contributed by atoms with Gasteiger partial charge in [-0.05, 0) is 56.1 Å². The minimum atomic E-state index is 0. The summed E-state index contributed by atoms with van der Waals surface area (Å²) in [5.41, 5.74) is 2.14. The zero-order valence-corrected chi connectivity index (χ0v) is 14.3. The van der Waals surface area contributed by atoms with Crippen LogP contribution in [0, 0.1) is 5.92 Å². The van der Waals surface area contributed by atoms with E-state index in [1.54, 1.807) is 0 Å². The van der Waals surface area contributed by atoms with Gasteiger partial charge in [-0.1, -0.05) is 30.3 Å². The summed E-state index contributed by atoms with van der Waals surface area (Å²) >= 11 is 0. The van der Waals surface area contributed by atoms with Crippen molar-refractivity contribution in [2.75, 3.05) is 19.7 Å². The fourth-order valence-corrected chi connectivity index (χ4v) is 3.16. The van der Waals surface area contributed by atoms with E-state index in [1.807, 2.05) is 35.0 Å². The summed E-state index contributed by atoms with van der Waals surface area (Å²) in [4.78, 5) is 0. The van der Waals surface area contributed by atoms with Crippen molar-refractivity contribution in [2.45, 2.75) is 12.8 Å². The summed E-state index contributed by atoms with van der Waals surface area (Å²) in [6.45, 7) is 2.93. The topological polar surface area (TPSA) is 39.1 Å². The molecular formula is C19H22ClN3O. The molecule has 0 bridgehead atoms. The average Bonchev–Trinajstić information content (AvgIpc) is 3.01. The van der Waals surface area contributed by atoms with Gasteiger partial charge < -0.3 is 10.1 Å². The van der Waals surface area contributed by atoms with Crippen LogP contribution in [0.25, 0.3) is 16.6 Å². The van der Waals surface area contributed by atoms with Crippen LogP contribution < -0.4 is 10.1 Å². The van der Waals surface area contributed by atoms with E-state index in [4.69, 9.17) is 9.84 Å². The van der Waals surface area contributed by atoms with Crippen LogP contribution in [0.4, 0.5) is 0 Å². The van der Waals surface area contributed by atoms with Gasteiger partial charge in [0.2, 0.25) is 5.88 Å². The highest BCUT2D eigenvalue weighted by Crippen LogP contribution is 2.28. The smallest absolute Gasteiger partial charge is 0.241 e. The van der Waals surface area contributed by atoms with E-state index in [2.05, 4.69) is 29.6 Å². The highest BCUT2D eigenvalue weighted by atomic mass is 35.5. The Hall–Kier alpha value is -2.04. The molecule has 1 N–H and O–H groups in total. The molecule has 0 spiro atoms. The number of ether oxygens (including phenoxy) is 1. The average molecular weight is 344 g/mol. The second-order valence-corrected chi connectivity index (χ2v) is 6.07. The van der Waals surface area contributed by atoms with Crippen LogP contribution in [0.15, 0.2) is 54.6 Å². The van der Waals surface area contributed by atoms with Gasteiger partial charge in [0, 0.05) is 0 Å². The van der Waals surface area contributed by atoms with Crippen LogP contribution in [0.2, 0.25) is 0 Å². The largest absolute Gasteiger partial charge is 0.476 e. The van der Waals surface area contributed by atoms with Crippen LogP contribution in [0.1, 0.15) is 12.8 Å². The Kier molecular flexibility index (Phi) is 5.38. The molecule has 5 heteroatoms. The van der Waals surface area contributed by atoms with E-state index in [9.17, 15) is 0 Å². The van der Waals surface area contributed by atoms with Gasteiger partial charge in [-0.3, -0.25) is 0 Å². The van der Waals surface area contributed by atoms with Crippen LogP contribution >= 0.6 is 12.4 Å². The number of piperidine rings is 1. The number of rotatable bonds is 4. The zero-order valence-electron chi connectivity index (χ0n) is 13.5. The van der Waals surface area contributed by atoms with E-state index >= 15 is 0 Å². The molecule has 4 rings (SSSR count). The van der Waals surface area contributed by atoms with E-state index in [-0.39, 0.29) is 12.4 Å². The van der Waals surface area contributed by atoms with Crippen LogP contribution in [-0.2, 0) is 0 Å². The third-order valence-corrected chi connectivity index (χ3v) is 4.47.